The van der Waals surface area contributed by atoms with Crippen molar-refractivity contribution < 1.29 is 4.74 Å². The van der Waals surface area contributed by atoms with Crippen molar-refractivity contribution in [3.05, 3.63) is 42.1 Å². The average Bonchev–Trinajstić information content (AvgIpc) is 2.38. The van der Waals surface area contributed by atoms with E-state index in [9.17, 15) is 0 Å². The number of hydrogen-bond acceptors (Lipinski definition) is 4. The van der Waals surface area contributed by atoms with Crippen LogP contribution in [0.4, 0.5) is 11.4 Å². The highest BCUT2D eigenvalue weighted by Crippen LogP contribution is 2.33. The van der Waals surface area contributed by atoms with Gasteiger partial charge < -0.3 is 15.8 Å². The Labute approximate surface area is 120 Å². The van der Waals surface area contributed by atoms with Gasteiger partial charge in [-0.1, -0.05) is 32.0 Å². The third kappa shape index (κ3) is 3.63. The van der Waals surface area contributed by atoms with Crippen molar-refractivity contribution in [1.82, 2.24) is 4.98 Å². The van der Waals surface area contributed by atoms with Gasteiger partial charge in [0.25, 0.3) is 0 Å². The van der Waals surface area contributed by atoms with Gasteiger partial charge in [0.15, 0.2) is 0 Å². The fraction of sp³-hybridized carbons (Fsp3) is 0.312. The van der Waals surface area contributed by atoms with Crippen LogP contribution in [0.25, 0.3) is 0 Å². The van der Waals surface area contributed by atoms with Crippen molar-refractivity contribution in [3.63, 3.8) is 0 Å². The van der Waals surface area contributed by atoms with Crippen LogP contribution < -0.4 is 15.8 Å². The van der Waals surface area contributed by atoms with E-state index in [0.29, 0.717) is 17.5 Å². The minimum absolute atomic E-state index is 0.514. The number of nitrogens with zero attached hydrogens (tertiary/aromatic N) is 1. The molecule has 0 aliphatic carbocycles. The van der Waals surface area contributed by atoms with E-state index < -0.39 is 0 Å². The highest BCUT2D eigenvalue weighted by Gasteiger charge is 2.12. The molecule has 3 N–H and O–H groups in total. The quantitative estimate of drug-likeness (QED) is 0.867. The molecule has 0 saturated carbocycles. The van der Waals surface area contributed by atoms with Crippen molar-refractivity contribution in [3.8, 4) is 11.6 Å². The first kappa shape index (κ1) is 14.2. The second-order valence-electron chi connectivity index (χ2n) is 5.22. The number of nitrogen functional groups attached to an aromatic ring is 1. The number of nitrogens with one attached hydrogen (secondary N) is 1. The summed E-state index contributed by atoms with van der Waals surface area (Å²) in [5.41, 5.74) is 8.33. The molecule has 0 fully saturated rings. The zero-order valence-corrected chi connectivity index (χ0v) is 12.2. The van der Waals surface area contributed by atoms with Gasteiger partial charge in [0.1, 0.15) is 11.4 Å². The number of pyridine rings is 1. The third-order valence-corrected chi connectivity index (χ3v) is 2.79. The Morgan fingerprint density at radius 2 is 1.95 bits per heavy atom. The molecule has 106 valence electrons. The number of rotatable bonds is 5. The third-order valence-electron chi connectivity index (χ3n) is 2.79. The van der Waals surface area contributed by atoms with E-state index in [4.69, 9.17) is 10.5 Å². The zero-order valence-electron chi connectivity index (χ0n) is 12.2. The first-order chi connectivity index (χ1) is 9.56. The van der Waals surface area contributed by atoms with Crippen molar-refractivity contribution in [2.24, 2.45) is 5.92 Å². The molecule has 0 atom stereocenters. The molecule has 1 heterocycles. The zero-order chi connectivity index (χ0) is 14.5. The molecular formula is C16H21N3O. The van der Waals surface area contributed by atoms with Crippen LogP contribution in [0.2, 0.25) is 0 Å². The molecule has 0 radical (unpaired) electrons. The SMILES string of the molecule is Cc1cc(N)c(NCC(C)C)c(Oc2ccccc2)n1. The Bertz CT molecular complexity index is 567. The summed E-state index contributed by atoms with van der Waals surface area (Å²) in [6.45, 7) is 7.01. The maximum Gasteiger partial charge on any atom is 0.245 e. The Kier molecular flexibility index (Phi) is 4.45. The Balaban J connectivity index is 2.30. The molecule has 0 unspecified atom stereocenters. The predicted molar refractivity (Wildman–Crippen MR) is 83.2 cm³/mol. The van der Waals surface area contributed by atoms with Gasteiger partial charge in [0.2, 0.25) is 5.88 Å². The summed E-state index contributed by atoms with van der Waals surface area (Å²) in [5.74, 6) is 1.78. The molecule has 20 heavy (non-hydrogen) atoms. The summed E-state index contributed by atoms with van der Waals surface area (Å²) < 4.78 is 5.85. The van der Waals surface area contributed by atoms with Gasteiger partial charge in [0.05, 0.1) is 5.69 Å². The maximum absolute atomic E-state index is 6.08. The lowest BCUT2D eigenvalue weighted by Gasteiger charge is -2.16. The van der Waals surface area contributed by atoms with E-state index >= 15 is 0 Å². The van der Waals surface area contributed by atoms with Crippen LogP contribution in [0.15, 0.2) is 36.4 Å². The van der Waals surface area contributed by atoms with E-state index in [1.54, 1.807) is 0 Å². The molecule has 0 bridgehead atoms. The van der Waals surface area contributed by atoms with Gasteiger partial charge in [-0.2, -0.15) is 0 Å². The van der Waals surface area contributed by atoms with Gasteiger partial charge >= 0.3 is 0 Å². The largest absolute Gasteiger partial charge is 0.437 e. The van der Waals surface area contributed by atoms with Crippen LogP contribution >= 0.6 is 0 Å². The minimum atomic E-state index is 0.514. The summed E-state index contributed by atoms with van der Waals surface area (Å²) in [5, 5.41) is 3.32. The molecule has 2 aromatic rings. The maximum atomic E-state index is 6.08. The normalized spacial score (nSPS) is 10.6. The van der Waals surface area contributed by atoms with Crippen molar-refractivity contribution in [2.75, 3.05) is 17.6 Å². The molecule has 1 aromatic carbocycles. The molecular weight excluding hydrogens is 250 g/mol. The fourth-order valence-electron chi connectivity index (χ4n) is 1.83. The number of anilines is 2. The summed E-state index contributed by atoms with van der Waals surface area (Å²) in [6, 6.07) is 11.4. The Hall–Kier alpha value is -2.23. The van der Waals surface area contributed by atoms with E-state index in [1.165, 1.54) is 0 Å². The standard InChI is InChI=1S/C16H21N3O/c1-11(2)10-18-15-14(17)9-12(3)19-16(15)20-13-7-5-4-6-8-13/h4-9,11,18H,10H2,1-3H3,(H2,17,19). The minimum Gasteiger partial charge on any atom is -0.437 e. The van der Waals surface area contributed by atoms with E-state index in [-0.39, 0.29) is 0 Å². The van der Waals surface area contributed by atoms with Crippen LogP contribution in [0.5, 0.6) is 11.6 Å². The molecule has 4 nitrogen and oxygen atoms in total. The van der Waals surface area contributed by atoms with Gasteiger partial charge in [-0.15, -0.1) is 0 Å². The molecule has 4 heteroatoms. The van der Waals surface area contributed by atoms with E-state index in [2.05, 4.69) is 24.1 Å². The van der Waals surface area contributed by atoms with Crippen LogP contribution in [0.3, 0.4) is 0 Å². The molecule has 0 spiro atoms. The van der Waals surface area contributed by atoms with Crippen LogP contribution in [0.1, 0.15) is 19.5 Å². The fourth-order valence-corrected chi connectivity index (χ4v) is 1.83. The average molecular weight is 271 g/mol. The molecule has 1 aromatic heterocycles. The number of aromatic nitrogens is 1. The monoisotopic (exact) mass is 271 g/mol. The smallest absolute Gasteiger partial charge is 0.245 e. The van der Waals surface area contributed by atoms with Gasteiger partial charge in [-0.25, -0.2) is 4.98 Å². The Morgan fingerprint density at radius 1 is 1.25 bits per heavy atom. The van der Waals surface area contributed by atoms with Gasteiger partial charge in [-0.3, -0.25) is 0 Å². The lowest BCUT2D eigenvalue weighted by molar-refractivity contribution is 0.463. The molecule has 0 saturated heterocycles. The summed E-state index contributed by atoms with van der Waals surface area (Å²) in [7, 11) is 0. The van der Waals surface area contributed by atoms with Crippen molar-refractivity contribution >= 4 is 11.4 Å². The van der Waals surface area contributed by atoms with Crippen LogP contribution in [-0.2, 0) is 0 Å². The molecule has 0 aliphatic heterocycles. The molecule has 2 rings (SSSR count). The number of hydrogen-bond donors (Lipinski definition) is 2. The molecule has 0 amide bonds. The number of ether oxygens (including phenoxy) is 1. The van der Waals surface area contributed by atoms with Crippen LogP contribution in [0, 0.1) is 12.8 Å². The summed E-state index contributed by atoms with van der Waals surface area (Å²) in [4.78, 5) is 4.44. The summed E-state index contributed by atoms with van der Waals surface area (Å²) >= 11 is 0. The number of nitrogens with two attached hydrogens (primary N) is 1. The van der Waals surface area contributed by atoms with Crippen molar-refractivity contribution in [2.45, 2.75) is 20.8 Å². The molecule has 0 aliphatic rings. The van der Waals surface area contributed by atoms with E-state index in [1.807, 2.05) is 43.3 Å². The van der Waals surface area contributed by atoms with Gasteiger partial charge in [-0.05, 0) is 31.0 Å². The van der Waals surface area contributed by atoms with Crippen molar-refractivity contribution in [1.29, 1.82) is 0 Å². The lowest BCUT2D eigenvalue weighted by Crippen LogP contribution is -2.11. The second kappa shape index (κ2) is 6.28. The summed E-state index contributed by atoms with van der Waals surface area (Å²) in [6.07, 6.45) is 0. The first-order valence-electron chi connectivity index (χ1n) is 6.80. The number of benzene rings is 1. The van der Waals surface area contributed by atoms with E-state index in [0.717, 1.165) is 23.7 Å². The highest BCUT2D eigenvalue weighted by atomic mass is 16.5. The Morgan fingerprint density at radius 3 is 2.60 bits per heavy atom. The first-order valence-corrected chi connectivity index (χ1v) is 6.80. The predicted octanol–water partition coefficient (Wildman–Crippen LogP) is 3.83. The second-order valence-corrected chi connectivity index (χ2v) is 5.22. The highest BCUT2D eigenvalue weighted by molar-refractivity contribution is 5.72. The van der Waals surface area contributed by atoms with Crippen LogP contribution in [-0.4, -0.2) is 11.5 Å². The lowest BCUT2D eigenvalue weighted by atomic mass is 10.2. The van der Waals surface area contributed by atoms with Gasteiger partial charge in [0, 0.05) is 12.2 Å². The number of aryl methyl sites for hydroxylation is 1. The number of para-hydroxylation sites is 1. The topological polar surface area (TPSA) is 60.2 Å².